The molecule has 112 valence electrons. The van der Waals surface area contributed by atoms with Gasteiger partial charge in [0.05, 0.1) is 13.2 Å². The van der Waals surface area contributed by atoms with Crippen LogP contribution in [0.1, 0.15) is 13.8 Å². The van der Waals surface area contributed by atoms with E-state index in [0.29, 0.717) is 19.7 Å². The van der Waals surface area contributed by atoms with Crippen molar-refractivity contribution < 1.29 is 14.3 Å². The summed E-state index contributed by atoms with van der Waals surface area (Å²) in [6.45, 7) is 5.67. The summed E-state index contributed by atoms with van der Waals surface area (Å²) in [4.78, 5) is 13.5. The van der Waals surface area contributed by atoms with Crippen LogP contribution in [0.5, 0.6) is 11.5 Å². The highest BCUT2D eigenvalue weighted by molar-refractivity contribution is 5.81. The Kier molecular flexibility index (Phi) is 6.87. The standard InChI is InChI=1S/C15H24N2O3/c1-5-17(3)15(18)12(2)16-10-11-20-14-8-6-13(19-4)7-9-14/h6-9,12,16H,5,10-11H2,1-4H3. The number of amides is 1. The fourth-order valence-corrected chi connectivity index (χ4v) is 1.69. The van der Waals surface area contributed by atoms with E-state index in [2.05, 4.69) is 5.32 Å². The number of carbonyl (C=O) groups is 1. The molecule has 0 aliphatic rings. The topological polar surface area (TPSA) is 50.8 Å². The van der Waals surface area contributed by atoms with Crippen molar-refractivity contribution in [2.75, 3.05) is 33.9 Å². The van der Waals surface area contributed by atoms with E-state index < -0.39 is 0 Å². The molecule has 5 heteroatoms. The monoisotopic (exact) mass is 280 g/mol. The lowest BCUT2D eigenvalue weighted by Gasteiger charge is -2.20. The van der Waals surface area contributed by atoms with Gasteiger partial charge in [-0.15, -0.1) is 0 Å². The number of benzene rings is 1. The van der Waals surface area contributed by atoms with Gasteiger partial charge >= 0.3 is 0 Å². The van der Waals surface area contributed by atoms with Gasteiger partial charge in [0, 0.05) is 20.1 Å². The van der Waals surface area contributed by atoms with Gasteiger partial charge in [-0.25, -0.2) is 0 Å². The smallest absolute Gasteiger partial charge is 0.239 e. The third kappa shape index (κ3) is 5.09. The number of hydrogen-bond acceptors (Lipinski definition) is 4. The highest BCUT2D eigenvalue weighted by Gasteiger charge is 2.14. The van der Waals surface area contributed by atoms with Crippen molar-refractivity contribution in [2.45, 2.75) is 19.9 Å². The van der Waals surface area contributed by atoms with Crippen molar-refractivity contribution in [3.05, 3.63) is 24.3 Å². The van der Waals surface area contributed by atoms with E-state index in [-0.39, 0.29) is 11.9 Å². The fraction of sp³-hybridized carbons (Fsp3) is 0.533. The van der Waals surface area contributed by atoms with Crippen molar-refractivity contribution >= 4 is 5.91 Å². The second-order valence-corrected chi connectivity index (χ2v) is 4.55. The van der Waals surface area contributed by atoms with E-state index in [4.69, 9.17) is 9.47 Å². The summed E-state index contributed by atoms with van der Waals surface area (Å²) < 4.78 is 10.7. The van der Waals surface area contributed by atoms with Crippen LogP contribution in [0.4, 0.5) is 0 Å². The fourth-order valence-electron chi connectivity index (χ4n) is 1.69. The molecular weight excluding hydrogens is 256 g/mol. The Balaban J connectivity index is 2.25. The van der Waals surface area contributed by atoms with Crippen molar-refractivity contribution in [3.63, 3.8) is 0 Å². The minimum absolute atomic E-state index is 0.0944. The zero-order valence-electron chi connectivity index (χ0n) is 12.7. The predicted molar refractivity (Wildman–Crippen MR) is 79.3 cm³/mol. The van der Waals surface area contributed by atoms with Crippen LogP contribution in [0.15, 0.2) is 24.3 Å². The second kappa shape index (κ2) is 8.43. The first-order valence-electron chi connectivity index (χ1n) is 6.83. The van der Waals surface area contributed by atoms with Crippen LogP contribution < -0.4 is 14.8 Å². The third-order valence-corrected chi connectivity index (χ3v) is 3.10. The van der Waals surface area contributed by atoms with Gasteiger partial charge in [0.25, 0.3) is 0 Å². The summed E-state index contributed by atoms with van der Waals surface area (Å²) in [6, 6.07) is 7.23. The molecule has 20 heavy (non-hydrogen) atoms. The van der Waals surface area contributed by atoms with Gasteiger partial charge < -0.3 is 19.7 Å². The molecule has 1 N–H and O–H groups in total. The maximum absolute atomic E-state index is 11.8. The number of methoxy groups -OCH3 is 1. The summed E-state index contributed by atoms with van der Waals surface area (Å²) in [5, 5.41) is 3.15. The maximum Gasteiger partial charge on any atom is 0.239 e. The van der Waals surface area contributed by atoms with E-state index >= 15 is 0 Å². The van der Waals surface area contributed by atoms with Crippen molar-refractivity contribution in [1.29, 1.82) is 0 Å². The normalized spacial score (nSPS) is 11.8. The summed E-state index contributed by atoms with van der Waals surface area (Å²) in [6.07, 6.45) is 0. The predicted octanol–water partition coefficient (Wildman–Crippen LogP) is 1.53. The van der Waals surface area contributed by atoms with Crippen LogP contribution in [0.3, 0.4) is 0 Å². The van der Waals surface area contributed by atoms with Crippen molar-refractivity contribution in [2.24, 2.45) is 0 Å². The molecule has 0 saturated heterocycles. The molecule has 1 atom stereocenters. The molecule has 0 aromatic heterocycles. The van der Waals surface area contributed by atoms with Gasteiger partial charge in [0.15, 0.2) is 0 Å². The first kappa shape index (κ1) is 16.3. The first-order chi connectivity index (χ1) is 9.58. The molecule has 0 aliphatic heterocycles. The minimum Gasteiger partial charge on any atom is -0.497 e. The molecule has 1 aromatic carbocycles. The third-order valence-electron chi connectivity index (χ3n) is 3.10. The molecule has 1 aromatic rings. The number of likely N-dealkylation sites (N-methyl/N-ethyl adjacent to an activating group) is 1. The molecule has 1 unspecified atom stereocenters. The Morgan fingerprint density at radius 1 is 1.30 bits per heavy atom. The van der Waals surface area contributed by atoms with E-state index in [0.717, 1.165) is 11.5 Å². The van der Waals surface area contributed by atoms with Gasteiger partial charge in [-0.1, -0.05) is 0 Å². The zero-order valence-corrected chi connectivity index (χ0v) is 12.7. The van der Waals surface area contributed by atoms with E-state index in [9.17, 15) is 4.79 Å². The Bertz CT molecular complexity index is 406. The number of nitrogens with zero attached hydrogens (tertiary/aromatic N) is 1. The number of ether oxygens (including phenoxy) is 2. The summed E-state index contributed by atoms with van der Waals surface area (Å²) >= 11 is 0. The molecule has 0 spiro atoms. The van der Waals surface area contributed by atoms with Crippen LogP contribution >= 0.6 is 0 Å². The highest BCUT2D eigenvalue weighted by atomic mass is 16.5. The van der Waals surface area contributed by atoms with Gasteiger partial charge in [0.1, 0.15) is 18.1 Å². The molecule has 0 aliphatic carbocycles. The minimum atomic E-state index is -0.195. The SMILES string of the molecule is CCN(C)C(=O)C(C)NCCOc1ccc(OC)cc1. The maximum atomic E-state index is 11.8. The van der Waals surface area contributed by atoms with Gasteiger partial charge in [-0.05, 0) is 38.1 Å². The van der Waals surface area contributed by atoms with Gasteiger partial charge in [-0.2, -0.15) is 0 Å². The van der Waals surface area contributed by atoms with Crippen LogP contribution in [0, 0.1) is 0 Å². The largest absolute Gasteiger partial charge is 0.497 e. The summed E-state index contributed by atoms with van der Waals surface area (Å²) in [5.74, 6) is 1.69. The molecule has 0 bridgehead atoms. The first-order valence-corrected chi connectivity index (χ1v) is 6.83. The lowest BCUT2D eigenvalue weighted by Crippen LogP contribution is -2.44. The molecular formula is C15H24N2O3. The molecule has 0 radical (unpaired) electrons. The summed E-state index contributed by atoms with van der Waals surface area (Å²) in [5.41, 5.74) is 0. The van der Waals surface area contributed by atoms with Gasteiger partial charge in [0.2, 0.25) is 5.91 Å². The number of carbonyl (C=O) groups excluding carboxylic acids is 1. The van der Waals surface area contributed by atoms with E-state index in [1.165, 1.54) is 0 Å². The van der Waals surface area contributed by atoms with Crippen LogP contribution in [0.2, 0.25) is 0 Å². The van der Waals surface area contributed by atoms with E-state index in [1.807, 2.05) is 38.1 Å². The Morgan fingerprint density at radius 2 is 1.90 bits per heavy atom. The molecule has 0 saturated carbocycles. The quantitative estimate of drug-likeness (QED) is 0.734. The molecule has 1 amide bonds. The molecule has 0 fully saturated rings. The van der Waals surface area contributed by atoms with Crippen LogP contribution in [-0.4, -0.2) is 50.7 Å². The Labute approximate surface area is 120 Å². The lowest BCUT2D eigenvalue weighted by molar-refractivity contribution is -0.131. The Morgan fingerprint density at radius 3 is 2.45 bits per heavy atom. The number of hydrogen-bond donors (Lipinski definition) is 1. The molecule has 5 nitrogen and oxygen atoms in total. The van der Waals surface area contributed by atoms with Crippen molar-refractivity contribution in [3.8, 4) is 11.5 Å². The second-order valence-electron chi connectivity index (χ2n) is 4.55. The highest BCUT2D eigenvalue weighted by Crippen LogP contribution is 2.16. The van der Waals surface area contributed by atoms with Gasteiger partial charge in [-0.3, -0.25) is 4.79 Å². The number of rotatable bonds is 8. The van der Waals surface area contributed by atoms with Crippen molar-refractivity contribution in [1.82, 2.24) is 10.2 Å². The Hall–Kier alpha value is -1.75. The zero-order chi connectivity index (χ0) is 15.0. The average Bonchev–Trinajstić information content (AvgIpc) is 2.50. The average molecular weight is 280 g/mol. The molecule has 1 rings (SSSR count). The molecule has 0 heterocycles. The summed E-state index contributed by atoms with van der Waals surface area (Å²) in [7, 11) is 3.43. The van der Waals surface area contributed by atoms with Crippen LogP contribution in [-0.2, 0) is 4.79 Å². The van der Waals surface area contributed by atoms with Crippen LogP contribution in [0.25, 0.3) is 0 Å². The van der Waals surface area contributed by atoms with E-state index in [1.54, 1.807) is 19.1 Å². The lowest BCUT2D eigenvalue weighted by atomic mass is 10.3. The number of nitrogens with one attached hydrogen (secondary N) is 1.